The molecule has 0 saturated carbocycles. The van der Waals surface area contributed by atoms with Gasteiger partial charge < -0.3 is 4.42 Å². The van der Waals surface area contributed by atoms with Gasteiger partial charge in [-0.1, -0.05) is 0 Å². The Morgan fingerprint density at radius 2 is 2.07 bits per heavy atom. The average Bonchev–Trinajstić information content (AvgIpc) is 2.14. The molecule has 0 spiro atoms. The lowest BCUT2D eigenvalue weighted by Crippen LogP contribution is -2.22. The molecule has 1 aromatic heterocycles. The van der Waals surface area contributed by atoms with E-state index in [0.29, 0.717) is 10.9 Å². The highest BCUT2D eigenvalue weighted by Crippen LogP contribution is 2.11. The van der Waals surface area contributed by atoms with Crippen LogP contribution in [-0.2, 0) is 7.05 Å². The number of hydrogen-bond acceptors (Lipinski definition) is 3. The van der Waals surface area contributed by atoms with E-state index in [1.807, 2.05) is 6.07 Å². The first-order valence-electron chi connectivity index (χ1n) is 3.89. The van der Waals surface area contributed by atoms with Crippen molar-refractivity contribution in [3.8, 4) is 0 Å². The number of fused-ring (bicyclic) bond motifs is 1. The fraction of sp³-hybridized carbons (Fsp3) is 0.111. The third kappa shape index (κ3) is 1.37. The van der Waals surface area contributed by atoms with Crippen molar-refractivity contribution in [2.75, 3.05) is 0 Å². The Kier molecular flexibility index (Phi) is 2.18. The number of halogens is 1. The Bertz CT molecular complexity index is 611. The van der Waals surface area contributed by atoms with Crippen molar-refractivity contribution in [3.05, 3.63) is 42.7 Å². The molecule has 0 aliphatic rings. The first kappa shape index (κ1) is 9.45. The van der Waals surface area contributed by atoms with Gasteiger partial charge >= 0.3 is 11.4 Å². The summed E-state index contributed by atoms with van der Waals surface area (Å²) in [4.78, 5) is 22.5. The molecule has 72 valence electrons. The first-order valence-corrected chi connectivity index (χ1v) is 4.97. The number of aromatic nitrogens is 1. The molecule has 4 nitrogen and oxygen atoms in total. The number of aryl methyl sites for hydroxylation is 1. The summed E-state index contributed by atoms with van der Waals surface area (Å²) >= 11 is 2.10. The molecule has 0 saturated heterocycles. The maximum absolute atomic E-state index is 11.3. The maximum atomic E-state index is 11.3. The molecule has 0 bridgehead atoms. The topological polar surface area (TPSA) is 52.2 Å². The van der Waals surface area contributed by atoms with Gasteiger partial charge in [0.2, 0.25) is 0 Å². The molecule has 0 atom stereocenters. The van der Waals surface area contributed by atoms with Crippen molar-refractivity contribution in [3.63, 3.8) is 0 Å². The van der Waals surface area contributed by atoms with E-state index in [1.165, 1.54) is 4.57 Å². The van der Waals surface area contributed by atoms with E-state index < -0.39 is 11.4 Å². The van der Waals surface area contributed by atoms with E-state index in [2.05, 4.69) is 27.0 Å². The lowest BCUT2D eigenvalue weighted by Gasteiger charge is -2.01. The zero-order valence-corrected chi connectivity index (χ0v) is 9.44. The summed E-state index contributed by atoms with van der Waals surface area (Å²) in [6.07, 6.45) is 0. The average molecular weight is 303 g/mol. The smallest absolute Gasteiger partial charge is 0.372 e. The summed E-state index contributed by atoms with van der Waals surface area (Å²) in [6, 6.07) is 5.26. The van der Waals surface area contributed by atoms with Gasteiger partial charge in [0.15, 0.2) is 0 Å². The van der Waals surface area contributed by atoms with Gasteiger partial charge in [-0.15, -0.1) is 0 Å². The summed E-state index contributed by atoms with van der Waals surface area (Å²) in [5, 5.41) is 0.430. The van der Waals surface area contributed by atoms with Crippen LogP contribution in [0.15, 0.2) is 32.2 Å². The Morgan fingerprint density at radius 3 is 2.79 bits per heavy atom. The second-order valence-electron chi connectivity index (χ2n) is 2.88. The number of hydrogen-bond donors (Lipinski definition) is 0. The van der Waals surface area contributed by atoms with Gasteiger partial charge in [0.05, 0.1) is 10.9 Å². The molecule has 5 heteroatoms. The molecule has 0 radical (unpaired) electrons. The van der Waals surface area contributed by atoms with Gasteiger partial charge in [0.25, 0.3) is 0 Å². The molecule has 0 fully saturated rings. The standard InChI is InChI=1S/C9H6INO3/c1-11-7-3-2-5(10)4-6(7)8(12)14-9(11)13/h2-4H,1H3. The van der Waals surface area contributed by atoms with Crippen molar-refractivity contribution in [1.29, 1.82) is 0 Å². The lowest BCUT2D eigenvalue weighted by molar-refractivity contribution is 0.433. The molecular weight excluding hydrogens is 297 g/mol. The quantitative estimate of drug-likeness (QED) is 0.685. The normalized spacial score (nSPS) is 10.7. The van der Waals surface area contributed by atoms with E-state index in [-0.39, 0.29) is 0 Å². The zero-order valence-electron chi connectivity index (χ0n) is 7.28. The third-order valence-electron chi connectivity index (χ3n) is 1.99. The third-order valence-corrected chi connectivity index (χ3v) is 2.66. The Hall–Kier alpha value is -1.11. The Labute approximate surface area is 92.3 Å². The highest BCUT2D eigenvalue weighted by Gasteiger charge is 2.05. The van der Waals surface area contributed by atoms with Gasteiger partial charge in [0, 0.05) is 10.6 Å². The molecule has 0 N–H and O–H groups in total. The first-order chi connectivity index (χ1) is 6.59. The Morgan fingerprint density at radius 1 is 1.36 bits per heavy atom. The molecule has 0 amide bonds. The molecule has 1 heterocycles. The lowest BCUT2D eigenvalue weighted by atomic mass is 10.2. The summed E-state index contributed by atoms with van der Waals surface area (Å²) in [7, 11) is 1.57. The molecule has 2 rings (SSSR count). The van der Waals surface area contributed by atoms with Crippen LogP contribution in [0.4, 0.5) is 0 Å². The minimum Gasteiger partial charge on any atom is -0.372 e. The predicted molar refractivity (Wildman–Crippen MR) is 60.4 cm³/mol. The van der Waals surface area contributed by atoms with Crippen LogP contribution >= 0.6 is 22.6 Å². The highest BCUT2D eigenvalue weighted by atomic mass is 127. The van der Waals surface area contributed by atoms with Crippen molar-refractivity contribution in [2.45, 2.75) is 0 Å². The van der Waals surface area contributed by atoms with Gasteiger partial charge in [-0.3, -0.25) is 4.57 Å². The fourth-order valence-corrected chi connectivity index (χ4v) is 1.76. The number of nitrogens with zero attached hydrogens (tertiary/aromatic N) is 1. The van der Waals surface area contributed by atoms with Crippen molar-refractivity contribution in [1.82, 2.24) is 4.57 Å². The van der Waals surface area contributed by atoms with Gasteiger partial charge in [-0.05, 0) is 40.8 Å². The van der Waals surface area contributed by atoms with Crippen LogP contribution in [-0.4, -0.2) is 4.57 Å². The van der Waals surface area contributed by atoms with Crippen LogP contribution in [0.5, 0.6) is 0 Å². The van der Waals surface area contributed by atoms with Gasteiger partial charge in [-0.25, -0.2) is 9.59 Å². The van der Waals surface area contributed by atoms with E-state index in [1.54, 1.807) is 19.2 Å². The monoisotopic (exact) mass is 303 g/mol. The maximum Gasteiger partial charge on any atom is 0.422 e. The zero-order chi connectivity index (χ0) is 10.3. The minimum absolute atomic E-state index is 0.430. The largest absolute Gasteiger partial charge is 0.422 e. The van der Waals surface area contributed by atoms with Crippen LogP contribution in [0.2, 0.25) is 0 Å². The second kappa shape index (κ2) is 3.23. The molecule has 14 heavy (non-hydrogen) atoms. The van der Waals surface area contributed by atoms with Crippen molar-refractivity contribution in [2.24, 2.45) is 7.05 Å². The SMILES string of the molecule is Cn1c(=O)oc(=O)c2cc(I)ccc21. The minimum atomic E-state index is -0.635. The Balaban J connectivity index is 3.10. The molecule has 1 aromatic carbocycles. The van der Waals surface area contributed by atoms with Crippen molar-refractivity contribution < 1.29 is 4.42 Å². The summed E-state index contributed by atoms with van der Waals surface area (Å²) in [5.41, 5.74) is 0.00767. The number of rotatable bonds is 0. The summed E-state index contributed by atoms with van der Waals surface area (Å²) in [6.45, 7) is 0. The van der Waals surface area contributed by atoms with Crippen LogP contribution in [0.3, 0.4) is 0 Å². The predicted octanol–water partition coefficient (Wildman–Crippen LogP) is 1.10. The van der Waals surface area contributed by atoms with Crippen LogP contribution in [0.25, 0.3) is 10.9 Å². The summed E-state index contributed by atoms with van der Waals surface area (Å²) < 4.78 is 6.77. The van der Waals surface area contributed by atoms with Crippen molar-refractivity contribution >= 4 is 33.5 Å². The van der Waals surface area contributed by atoms with Crippen LogP contribution < -0.4 is 11.4 Å². The molecule has 0 aliphatic heterocycles. The van der Waals surface area contributed by atoms with Gasteiger partial charge in [-0.2, -0.15) is 0 Å². The van der Waals surface area contributed by atoms with E-state index in [4.69, 9.17) is 0 Å². The number of benzene rings is 1. The molecular formula is C9H6INO3. The van der Waals surface area contributed by atoms with Gasteiger partial charge in [0.1, 0.15) is 0 Å². The van der Waals surface area contributed by atoms with E-state index in [0.717, 1.165) is 3.57 Å². The highest BCUT2D eigenvalue weighted by molar-refractivity contribution is 14.1. The van der Waals surface area contributed by atoms with Crippen LogP contribution in [0, 0.1) is 3.57 Å². The molecule has 0 unspecified atom stereocenters. The summed E-state index contributed by atoms with van der Waals surface area (Å²) in [5.74, 6) is -0.635. The second-order valence-corrected chi connectivity index (χ2v) is 4.12. The van der Waals surface area contributed by atoms with E-state index in [9.17, 15) is 9.59 Å². The fourth-order valence-electron chi connectivity index (χ4n) is 1.27. The molecule has 2 aromatic rings. The molecule has 0 aliphatic carbocycles. The van der Waals surface area contributed by atoms with E-state index >= 15 is 0 Å². The van der Waals surface area contributed by atoms with Crippen LogP contribution in [0.1, 0.15) is 0 Å².